The van der Waals surface area contributed by atoms with Crippen molar-refractivity contribution in [1.82, 2.24) is 10.6 Å². The number of hydrogen-bond donors (Lipinski definition) is 2. The van der Waals surface area contributed by atoms with Gasteiger partial charge in [-0.25, -0.2) is 0 Å². The molecule has 1 aliphatic heterocycles. The molecule has 5 nitrogen and oxygen atoms in total. The lowest BCUT2D eigenvalue weighted by Gasteiger charge is -2.26. The third-order valence-corrected chi connectivity index (χ3v) is 5.61. The van der Waals surface area contributed by atoms with E-state index in [1.165, 1.54) is 0 Å². The van der Waals surface area contributed by atoms with Crippen molar-refractivity contribution in [3.63, 3.8) is 0 Å². The van der Waals surface area contributed by atoms with Crippen LogP contribution in [0, 0.1) is 0 Å². The first-order chi connectivity index (χ1) is 12.6. The molecule has 0 fully saturated rings. The molecule has 0 aliphatic carbocycles. The molecule has 0 saturated heterocycles. The van der Waals surface area contributed by atoms with Crippen LogP contribution < -0.4 is 15.5 Å². The fourth-order valence-corrected chi connectivity index (χ4v) is 3.89. The molecule has 2 aromatic rings. The molecule has 0 aromatic heterocycles. The van der Waals surface area contributed by atoms with Gasteiger partial charge in [-0.3, -0.25) is 9.59 Å². The Kier molecular flexibility index (Phi) is 5.96. The Morgan fingerprint density at radius 1 is 1.19 bits per heavy atom. The molecule has 0 bridgehead atoms. The van der Waals surface area contributed by atoms with E-state index in [1.54, 1.807) is 30.6 Å². The van der Waals surface area contributed by atoms with Crippen LogP contribution in [0.3, 0.4) is 0 Å². The van der Waals surface area contributed by atoms with Gasteiger partial charge in [-0.2, -0.15) is 0 Å². The maximum atomic E-state index is 13.2. The molecule has 2 N–H and O–H groups in total. The number of fused-ring (bicyclic) bond motifs is 1. The van der Waals surface area contributed by atoms with Crippen molar-refractivity contribution in [2.45, 2.75) is 30.4 Å². The second-order valence-electron chi connectivity index (χ2n) is 6.26. The van der Waals surface area contributed by atoms with E-state index < -0.39 is 6.04 Å². The van der Waals surface area contributed by atoms with Crippen molar-refractivity contribution in [3.05, 3.63) is 60.2 Å². The number of nitrogens with zero attached hydrogens (tertiary/aromatic N) is 1. The highest BCUT2D eigenvalue weighted by molar-refractivity contribution is 7.99. The summed E-state index contributed by atoms with van der Waals surface area (Å²) in [4.78, 5) is 28.3. The van der Waals surface area contributed by atoms with Gasteiger partial charge < -0.3 is 15.5 Å². The van der Waals surface area contributed by atoms with Gasteiger partial charge in [0.1, 0.15) is 6.04 Å². The molecular weight excluding hydrogens is 346 g/mol. The Morgan fingerprint density at radius 2 is 1.88 bits per heavy atom. The maximum absolute atomic E-state index is 13.2. The van der Waals surface area contributed by atoms with Gasteiger partial charge in [0.05, 0.1) is 18.3 Å². The van der Waals surface area contributed by atoms with E-state index >= 15 is 0 Å². The minimum Gasteiger partial charge on any atom is -0.342 e. The zero-order valence-corrected chi connectivity index (χ0v) is 15.8. The number of benzene rings is 2. The van der Waals surface area contributed by atoms with Gasteiger partial charge in [0.25, 0.3) is 5.91 Å². The number of carbonyl (C=O) groups excluding carboxylic acids is 2. The summed E-state index contributed by atoms with van der Waals surface area (Å²) in [6.45, 7) is 2.26. The largest absolute Gasteiger partial charge is 0.342 e. The van der Waals surface area contributed by atoms with Gasteiger partial charge in [0.2, 0.25) is 5.91 Å². The molecule has 0 radical (unpaired) electrons. The average Bonchev–Trinajstić information content (AvgIpc) is 2.80. The van der Waals surface area contributed by atoms with Crippen LogP contribution in [0.15, 0.2) is 59.5 Å². The molecular formula is C20H23N3O2S. The maximum Gasteiger partial charge on any atom is 0.250 e. The van der Waals surface area contributed by atoms with Gasteiger partial charge in [-0.05, 0) is 31.7 Å². The van der Waals surface area contributed by atoms with Crippen molar-refractivity contribution in [1.29, 1.82) is 0 Å². The molecule has 2 unspecified atom stereocenters. The Morgan fingerprint density at radius 3 is 2.62 bits per heavy atom. The molecule has 0 saturated carbocycles. The van der Waals surface area contributed by atoms with Gasteiger partial charge in [0, 0.05) is 10.6 Å². The van der Waals surface area contributed by atoms with Gasteiger partial charge in [-0.1, -0.05) is 42.5 Å². The highest BCUT2D eigenvalue weighted by Crippen LogP contribution is 2.35. The summed E-state index contributed by atoms with van der Waals surface area (Å²) < 4.78 is 0. The van der Waals surface area contributed by atoms with Crippen LogP contribution in [0.5, 0.6) is 0 Å². The summed E-state index contributed by atoms with van der Waals surface area (Å²) in [5, 5.41) is 5.81. The Balaban J connectivity index is 1.89. The van der Waals surface area contributed by atoms with E-state index in [0.29, 0.717) is 12.3 Å². The highest BCUT2D eigenvalue weighted by atomic mass is 32.2. The van der Waals surface area contributed by atoms with Crippen molar-refractivity contribution in [2.24, 2.45) is 0 Å². The summed E-state index contributed by atoms with van der Waals surface area (Å²) in [5.74, 6) is 0.267. The number of hydrogen-bond acceptors (Lipinski definition) is 4. The second kappa shape index (κ2) is 8.38. The van der Waals surface area contributed by atoms with Crippen LogP contribution in [0.1, 0.15) is 12.5 Å². The number of para-hydroxylation sites is 1. The van der Waals surface area contributed by atoms with Crippen molar-refractivity contribution >= 4 is 29.3 Å². The number of rotatable bonds is 5. The number of carbonyl (C=O) groups is 2. The number of thioether (sulfide) groups is 1. The van der Waals surface area contributed by atoms with E-state index in [-0.39, 0.29) is 17.9 Å². The van der Waals surface area contributed by atoms with Gasteiger partial charge >= 0.3 is 0 Å². The fourth-order valence-electron chi connectivity index (χ4n) is 2.81. The zero-order chi connectivity index (χ0) is 18.5. The smallest absolute Gasteiger partial charge is 0.250 e. The standard InChI is InChI=1S/C20H23N3O2S/c1-14(21-2)19(24)22-16-13-26-18-11-7-6-10-17(18)23(20(16)25)12-15-8-4-3-5-9-15/h3-11,14,16,21H,12-13H2,1-2H3,(H,22,24). The number of anilines is 1. The van der Waals surface area contributed by atoms with E-state index in [9.17, 15) is 9.59 Å². The Labute approximate surface area is 158 Å². The topological polar surface area (TPSA) is 61.4 Å². The summed E-state index contributed by atoms with van der Waals surface area (Å²) >= 11 is 1.60. The molecule has 26 heavy (non-hydrogen) atoms. The van der Waals surface area contributed by atoms with E-state index in [2.05, 4.69) is 10.6 Å². The lowest BCUT2D eigenvalue weighted by atomic mass is 10.1. The monoisotopic (exact) mass is 369 g/mol. The second-order valence-corrected chi connectivity index (χ2v) is 7.32. The molecule has 3 rings (SSSR count). The minimum atomic E-state index is -0.556. The number of amides is 2. The molecule has 2 atom stereocenters. The third kappa shape index (κ3) is 4.08. The summed E-state index contributed by atoms with van der Waals surface area (Å²) in [7, 11) is 1.73. The molecule has 1 heterocycles. The van der Waals surface area contributed by atoms with Crippen LogP contribution in [0.4, 0.5) is 5.69 Å². The van der Waals surface area contributed by atoms with Gasteiger partial charge in [-0.15, -0.1) is 11.8 Å². The van der Waals surface area contributed by atoms with Crippen LogP contribution in [-0.4, -0.2) is 36.7 Å². The third-order valence-electron chi connectivity index (χ3n) is 4.45. The van der Waals surface area contributed by atoms with Crippen molar-refractivity contribution in [2.75, 3.05) is 17.7 Å². The SMILES string of the molecule is CNC(C)C(=O)NC1CSc2ccccc2N(Cc2ccccc2)C1=O. The highest BCUT2D eigenvalue weighted by Gasteiger charge is 2.32. The molecule has 136 valence electrons. The van der Waals surface area contributed by atoms with Crippen LogP contribution in [-0.2, 0) is 16.1 Å². The first-order valence-electron chi connectivity index (χ1n) is 8.65. The Bertz CT molecular complexity index is 782. The lowest BCUT2D eigenvalue weighted by Crippen LogP contribution is -2.53. The average molecular weight is 369 g/mol. The summed E-state index contributed by atoms with van der Waals surface area (Å²) in [6, 6.07) is 16.9. The zero-order valence-electron chi connectivity index (χ0n) is 14.9. The number of likely N-dealkylation sites (N-methyl/N-ethyl adjacent to an activating group) is 1. The first-order valence-corrected chi connectivity index (χ1v) is 9.63. The molecule has 2 aromatic carbocycles. The minimum absolute atomic E-state index is 0.0806. The lowest BCUT2D eigenvalue weighted by molar-refractivity contribution is -0.128. The first kappa shape index (κ1) is 18.5. The van der Waals surface area contributed by atoms with E-state index in [4.69, 9.17) is 0 Å². The predicted octanol–water partition coefficient (Wildman–Crippen LogP) is 2.42. The van der Waals surface area contributed by atoms with Gasteiger partial charge in [0.15, 0.2) is 0 Å². The quantitative estimate of drug-likeness (QED) is 0.850. The predicted molar refractivity (Wildman–Crippen MR) is 105 cm³/mol. The van der Waals surface area contributed by atoms with Crippen LogP contribution in [0.2, 0.25) is 0 Å². The normalized spacial score (nSPS) is 18.0. The van der Waals surface area contributed by atoms with Crippen molar-refractivity contribution in [3.8, 4) is 0 Å². The fraction of sp³-hybridized carbons (Fsp3) is 0.300. The summed E-state index contributed by atoms with van der Waals surface area (Å²) in [6.07, 6.45) is 0. The Hall–Kier alpha value is -2.31. The van der Waals surface area contributed by atoms with E-state index in [1.807, 2.05) is 54.6 Å². The van der Waals surface area contributed by atoms with Crippen molar-refractivity contribution < 1.29 is 9.59 Å². The van der Waals surface area contributed by atoms with Crippen LogP contribution in [0.25, 0.3) is 0 Å². The van der Waals surface area contributed by atoms with E-state index in [0.717, 1.165) is 16.1 Å². The molecule has 0 spiro atoms. The summed E-state index contributed by atoms with van der Waals surface area (Å²) in [5.41, 5.74) is 1.95. The van der Waals surface area contributed by atoms with Crippen LogP contribution >= 0.6 is 11.8 Å². The number of nitrogens with one attached hydrogen (secondary N) is 2. The molecule has 1 aliphatic rings. The molecule has 2 amide bonds. The molecule has 6 heteroatoms.